The molecule has 3 rings (SSSR count). The van der Waals surface area contributed by atoms with Gasteiger partial charge in [-0.3, -0.25) is 0 Å². The summed E-state index contributed by atoms with van der Waals surface area (Å²) in [6.45, 7) is 4.09. The number of thioether (sulfide) groups is 2. The molecule has 1 aliphatic carbocycles. The number of hydrogen-bond donors (Lipinski definition) is 1. The normalized spacial score (nSPS) is 32.4. The Labute approximate surface area is 159 Å². The maximum Gasteiger partial charge on any atom is 0.175 e. The summed E-state index contributed by atoms with van der Waals surface area (Å²) in [5.74, 6) is 1.63. The average Bonchev–Trinajstić information content (AvgIpc) is 3.14. The largest absolute Gasteiger partial charge is 0.386 e. The van der Waals surface area contributed by atoms with Gasteiger partial charge in [0.2, 0.25) is 0 Å². The molecular weight excluding hydrogens is 404 g/mol. The molecule has 0 unspecified atom stereocenters. The molecule has 2 aliphatic rings. The van der Waals surface area contributed by atoms with E-state index >= 15 is 0 Å². The van der Waals surface area contributed by atoms with Gasteiger partial charge in [-0.2, -0.15) is 10.5 Å². The lowest BCUT2D eigenvalue weighted by molar-refractivity contribution is 0.564. The Morgan fingerprint density at radius 1 is 1.21 bits per heavy atom. The molecular formula is C17H17BrN4S2. The van der Waals surface area contributed by atoms with E-state index in [0.29, 0.717) is 5.84 Å². The molecule has 24 heavy (non-hydrogen) atoms. The van der Waals surface area contributed by atoms with E-state index in [4.69, 9.17) is 5.73 Å². The summed E-state index contributed by atoms with van der Waals surface area (Å²) >= 11 is 6.80. The summed E-state index contributed by atoms with van der Waals surface area (Å²) in [4.78, 5) is 4.68. The summed E-state index contributed by atoms with van der Waals surface area (Å²) in [7, 11) is 0. The van der Waals surface area contributed by atoms with Crippen molar-refractivity contribution in [2.24, 2.45) is 21.6 Å². The highest BCUT2D eigenvalue weighted by atomic mass is 79.9. The zero-order chi connectivity index (χ0) is 17.6. The molecule has 124 valence electrons. The van der Waals surface area contributed by atoms with Crippen LogP contribution >= 0.6 is 39.5 Å². The maximum absolute atomic E-state index is 10.2. The van der Waals surface area contributed by atoms with Crippen molar-refractivity contribution in [3.05, 3.63) is 34.3 Å². The molecule has 1 saturated carbocycles. The first kappa shape index (κ1) is 17.7. The van der Waals surface area contributed by atoms with Gasteiger partial charge in [-0.15, -0.1) is 23.5 Å². The van der Waals surface area contributed by atoms with E-state index in [1.165, 1.54) is 0 Å². The van der Waals surface area contributed by atoms with Crippen molar-refractivity contribution in [2.75, 3.05) is 11.5 Å². The number of benzene rings is 1. The molecule has 0 radical (unpaired) electrons. The minimum atomic E-state index is -1.05. The average molecular weight is 421 g/mol. The Hall–Kier alpha value is -1.15. The van der Waals surface area contributed by atoms with Gasteiger partial charge < -0.3 is 5.73 Å². The fourth-order valence-corrected chi connectivity index (χ4v) is 7.69. The van der Waals surface area contributed by atoms with Crippen molar-refractivity contribution in [3.8, 4) is 12.1 Å². The Morgan fingerprint density at radius 2 is 1.83 bits per heavy atom. The zero-order valence-electron chi connectivity index (χ0n) is 13.4. The van der Waals surface area contributed by atoms with Gasteiger partial charge >= 0.3 is 0 Å². The van der Waals surface area contributed by atoms with Crippen LogP contribution in [0.5, 0.6) is 0 Å². The van der Waals surface area contributed by atoms with Crippen LogP contribution in [0.2, 0.25) is 0 Å². The summed E-state index contributed by atoms with van der Waals surface area (Å²) in [6.07, 6.45) is 0. The van der Waals surface area contributed by atoms with Crippen LogP contribution in [0.3, 0.4) is 0 Å². The number of nitriles is 2. The van der Waals surface area contributed by atoms with Crippen LogP contribution in [0.25, 0.3) is 0 Å². The third-order valence-electron chi connectivity index (χ3n) is 4.82. The highest BCUT2D eigenvalue weighted by Gasteiger charge is 2.92. The summed E-state index contributed by atoms with van der Waals surface area (Å²) in [5, 5.41) is 20.2. The van der Waals surface area contributed by atoms with Gasteiger partial charge in [0, 0.05) is 10.4 Å². The van der Waals surface area contributed by atoms with E-state index in [1.807, 2.05) is 38.1 Å². The maximum atomic E-state index is 10.2. The van der Waals surface area contributed by atoms with E-state index in [2.05, 4.69) is 33.1 Å². The zero-order valence-corrected chi connectivity index (χ0v) is 16.6. The van der Waals surface area contributed by atoms with Crippen molar-refractivity contribution >= 4 is 45.3 Å². The number of hydrogen-bond acceptors (Lipinski definition) is 6. The van der Waals surface area contributed by atoms with Crippen LogP contribution in [0, 0.1) is 33.5 Å². The van der Waals surface area contributed by atoms with E-state index in [-0.39, 0.29) is 5.92 Å². The third kappa shape index (κ3) is 1.84. The van der Waals surface area contributed by atoms with Crippen LogP contribution in [0.4, 0.5) is 0 Å². The summed E-state index contributed by atoms with van der Waals surface area (Å²) in [5.41, 5.74) is 5.24. The van der Waals surface area contributed by atoms with Crippen LogP contribution < -0.4 is 5.73 Å². The Morgan fingerprint density at radius 3 is 2.33 bits per heavy atom. The second-order valence-electron chi connectivity index (χ2n) is 5.74. The first-order chi connectivity index (χ1) is 11.5. The monoisotopic (exact) mass is 420 g/mol. The standard InChI is InChI=1S/C17H17BrN4S2/c1-3-23-17(24-4-2)16(10-20)13(11-7-5-6-8-12(11)18)15(16,9-19)14(21)22-17/h5-8,13H,3-4H2,1-2H3,(H2,21,22)/t13-,15+,16+/m1/s1. The predicted octanol–water partition coefficient (Wildman–Crippen LogP) is 4.10. The number of nitrogens with zero attached hydrogens (tertiary/aromatic N) is 3. The van der Waals surface area contributed by atoms with Gasteiger partial charge in [-0.25, -0.2) is 4.99 Å². The van der Waals surface area contributed by atoms with Crippen molar-refractivity contribution in [2.45, 2.75) is 24.0 Å². The van der Waals surface area contributed by atoms with Crippen molar-refractivity contribution in [3.63, 3.8) is 0 Å². The second kappa shape index (κ2) is 5.98. The lowest BCUT2D eigenvalue weighted by Gasteiger charge is -2.31. The molecule has 0 amide bonds. The fourth-order valence-electron chi connectivity index (χ4n) is 3.93. The number of fused-ring (bicyclic) bond motifs is 1. The molecule has 1 aromatic carbocycles. The molecule has 1 fully saturated rings. The van der Waals surface area contributed by atoms with Crippen molar-refractivity contribution in [1.82, 2.24) is 0 Å². The van der Waals surface area contributed by atoms with Gasteiger partial charge in [-0.05, 0) is 23.1 Å². The first-order valence-electron chi connectivity index (χ1n) is 7.72. The molecule has 1 heterocycles. The number of rotatable bonds is 5. The Bertz CT molecular complexity index is 791. The molecule has 4 nitrogen and oxygen atoms in total. The molecule has 2 N–H and O–H groups in total. The number of halogens is 1. The first-order valence-corrected chi connectivity index (χ1v) is 10.5. The Balaban J connectivity index is 2.25. The van der Waals surface area contributed by atoms with Gasteiger partial charge in [-0.1, -0.05) is 48.0 Å². The quantitative estimate of drug-likeness (QED) is 0.724. The Kier molecular flexibility index (Phi) is 4.40. The van der Waals surface area contributed by atoms with Crippen LogP contribution in [-0.4, -0.2) is 21.5 Å². The van der Waals surface area contributed by atoms with E-state index < -0.39 is 15.0 Å². The molecule has 0 bridgehead atoms. The van der Waals surface area contributed by atoms with Gasteiger partial charge in [0.25, 0.3) is 0 Å². The third-order valence-corrected chi connectivity index (χ3v) is 8.44. The smallest absolute Gasteiger partial charge is 0.175 e. The fraction of sp³-hybridized carbons (Fsp3) is 0.471. The highest BCUT2D eigenvalue weighted by molar-refractivity contribution is 9.10. The molecule has 0 spiro atoms. The summed E-state index contributed by atoms with van der Waals surface area (Å²) < 4.78 is 0.170. The molecule has 0 saturated heterocycles. The predicted molar refractivity (Wildman–Crippen MR) is 104 cm³/mol. The van der Waals surface area contributed by atoms with Crippen LogP contribution in [-0.2, 0) is 0 Å². The number of amidine groups is 1. The van der Waals surface area contributed by atoms with Crippen molar-refractivity contribution in [1.29, 1.82) is 10.5 Å². The van der Waals surface area contributed by atoms with Crippen LogP contribution in [0.15, 0.2) is 33.7 Å². The molecule has 1 aliphatic heterocycles. The van der Waals surface area contributed by atoms with E-state index in [0.717, 1.165) is 21.5 Å². The van der Waals surface area contributed by atoms with Gasteiger partial charge in [0.05, 0.1) is 12.1 Å². The minimum Gasteiger partial charge on any atom is -0.386 e. The van der Waals surface area contributed by atoms with E-state index in [9.17, 15) is 10.5 Å². The molecule has 3 atom stereocenters. The number of nitrogens with two attached hydrogens (primary N) is 1. The van der Waals surface area contributed by atoms with Gasteiger partial charge in [0.15, 0.2) is 4.20 Å². The van der Waals surface area contributed by atoms with Gasteiger partial charge in [0.1, 0.15) is 16.7 Å². The lowest BCUT2D eigenvalue weighted by atomic mass is 9.97. The summed E-state index contributed by atoms with van der Waals surface area (Å²) in [6, 6.07) is 12.6. The number of aliphatic imine (C=N–C) groups is 1. The topological polar surface area (TPSA) is 86.0 Å². The minimum absolute atomic E-state index is 0.272. The van der Waals surface area contributed by atoms with E-state index in [1.54, 1.807) is 23.5 Å². The molecule has 7 heteroatoms. The highest BCUT2D eigenvalue weighted by Crippen LogP contribution is 2.85. The second-order valence-corrected chi connectivity index (χ2v) is 9.77. The SMILES string of the molecule is CCSC1(SCC)N=C(N)[C@]2(C#N)[C@@H](c3ccccc3Br)[C@]12C#N. The molecule has 1 aromatic rings. The molecule has 0 aromatic heterocycles. The lowest BCUT2D eigenvalue weighted by Crippen LogP contribution is -2.31. The van der Waals surface area contributed by atoms with Crippen LogP contribution in [0.1, 0.15) is 25.3 Å². The van der Waals surface area contributed by atoms with Crippen molar-refractivity contribution < 1.29 is 0 Å².